The van der Waals surface area contributed by atoms with Crippen molar-refractivity contribution in [3.63, 3.8) is 0 Å². The maximum atomic E-state index is 13.4. The molecule has 3 heterocycles. The third kappa shape index (κ3) is 6.73. The zero-order chi connectivity index (χ0) is 26.1. The molecule has 12 heteroatoms. The summed E-state index contributed by atoms with van der Waals surface area (Å²) in [6.45, 7) is 2.50. The van der Waals surface area contributed by atoms with Crippen LogP contribution in [-0.2, 0) is 16.4 Å². The summed E-state index contributed by atoms with van der Waals surface area (Å²) in [4.78, 5) is 22.3. The maximum absolute atomic E-state index is 13.4. The van der Waals surface area contributed by atoms with Crippen LogP contribution in [0.4, 0.5) is 25.8 Å². The smallest absolute Gasteiger partial charge is 0.257 e. The van der Waals surface area contributed by atoms with Gasteiger partial charge in [0.15, 0.2) is 0 Å². The molecule has 0 saturated carbocycles. The number of anilines is 3. The number of alkyl halides is 2. The van der Waals surface area contributed by atoms with Gasteiger partial charge in [-0.15, -0.1) is 0 Å². The van der Waals surface area contributed by atoms with E-state index in [9.17, 15) is 22.0 Å². The Morgan fingerprint density at radius 1 is 1.17 bits per heavy atom. The summed E-state index contributed by atoms with van der Waals surface area (Å²) in [5, 5.41) is 2.97. The predicted octanol–water partition coefficient (Wildman–Crippen LogP) is 4.82. The summed E-state index contributed by atoms with van der Waals surface area (Å²) in [5.74, 6) is -2.99. The summed E-state index contributed by atoms with van der Waals surface area (Å²) in [6.07, 6.45) is 4.42. The van der Waals surface area contributed by atoms with E-state index < -0.39 is 21.9 Å². The van der Waals surface area contributed by atoms with Gasteiger partial charge in [0.1, 0.15) is 0 Å². The minimum atomic E-state index is -3.50. The molecule has 0 radical (unpaired) electrons. The second-order valence-corrected chi connectivity index (χ2v) is 11.1. The molecule has 1 aliphatic heterocycles. The lowest BCUT2D eigenvalue weighted by molar-refractivity contribution is -0.0220. The highest BCUT2D eigenvalue weighted by molar-refractivity contribution is 7.92. The van der Waals surface area contributed by atoms with Crippen molar-refractivity contribution in [1.82, 2.24) is 9.97 Å². The van der Waals surface area contributed by atoms with Crippen LogP contribution >= 0.6 is 11.6 Å². The van der Waals surface area contributed by atoms with Crippen LogP contribution in [0.25, 0.3) is 0 Å². The molecule has 0 aliphatic carbocycles. The van der Waals surface area contributed by atoms with Crippen molar-refractivity contribution in [2.24, 2.45) is 0 Å². The van der Waals surface area contributed by atoms with Crippen molar-refractivity contribution in [3.8, 4) is 0 Å². The van der Waals surface area contributed by atoms with Crippen LogP contribution in [0.3, 0.4) is 0 Å². The molecular formula is C24H26ClF2N5O3S. The van der Waals surface area contributed by atoms with Gasteiger partial charge in [-0.05, 0) is 42.8 Å². The number of hydrogen-bond donors (Lipinski definition) is 3. The summed E-state index contributed by atoms with van der Waals surface area (Å²) in [7, 11) is -3.50. The summed E-state index contributed by atoms with van der Waals surface area (Å²) < 4.78 is 52.2. The van der Waals surface area contributed by atoms with Crippen molar-refractivity contribution in [3.05, 3.63) is 70.3 Å². The minimum Gasteiger partial charge on any atom is -0.370 e. The van der Waals surface area contributed by atoms with Crippen LogP contribution in [-0.4, -0.2) is 49.6 Å². The Morgan fingerprint density at radius 2 is 1.86 bits per heavy atom. The molecule has 0 bridgehead atoms. The lowest BCUT2D eigenvalue weighted by atomic mass is 10.1. The SMILES string of the molecule is Cc1cc(N2CCC(F)(F)CC2)cnc1Cc1cc(C(=O)Nc2cc(Cl)cc(NS(C)(=O)=O)c2)c[nH]1. The first kappa shape index (κ1) is 25.9. The standard InChI is InChI=1S/C24H26ClF2N5O3S/c1-15-7-21(32-5-3-24(26,27)4-6-32)14-29-22(15)12-18-8-16(13-28-18)23(33)30-19-9-17(25)10-20(11-19)31-36(2,34)35/h7-11,13-14,28,31H,3-6,12H2,1-2H3,(H,30,33). The van der Waals surface area contributed by atoms with E-state index in [1.54, 1.807) is 18.5 Å². The van der Waals surface area contributed by atoms with Crippen molar-refractivity contribution in [1.29, 1.82) is 0 Å². The number of sulfonamides is 1. The number of aryl methyl sites for hydroxylation is 1. The number of benzene rings is 1. The van der Waals surface area contributed by atoms with Gasteiger partial charge in [-0.1, -0.05) is 11.6 Å². The molecule has 1 fully saturated rings. The molecule has 1 aromatic carbocycles. The Labute approximate surface area is 213 Å². The molecule has 1 aliphatic rings. The van der Waals surface area contributed by atoms with Crippen LogP contribution in [0.2, 0.25) is 5.02 Å². The van der Waals surface area contributed by atoms with Crippen molar-refractivity contribution >= 4 is 44.6 Å². The number of nitrogens with one attached hydrogen (secondary N) is 3. The Hall–Kier alpha value is -3.18. The number of halogens is 3. The molecule has 8 nitrogen and oxygen atoms in total. The van der Waals surface area contributed by atoms with Crippen LogP contribution in [0.15, 0.2) is 42.7 Å². The number of carbonyl (C=O) groups excluding carboxylic acids is 1. The number of hydrogen-bond acceptors (Lipinski definition) is 5. The number of rotatable bonds is 7. The average Bonchev–Trinajstić information content (AvgIpc) is 3.22. The van der Waals surface area contributed by atoms with Crippen molar-refractivity contribution in [2.75, 3.05) is 34.3 Å². The number of amides is 1. The summed E-state index contributed by atoms with van der Waals surface area (Å²) >= 11 is 6.06. The Kier molecular flexibility index (Phi) is 7.24. The molecule has 3 N–H and O–H groups in total. The number of nitrogens with zero attached hydrogens (tertiary/aromatic N) is 2. The van der Waals surface area contributed by atoms with Gasteiger partial charge >= 0.3 is 0 Å². The molecule has 3 aromatic rings. The lowest BCUT2D eigenvalue weighted by Crippen LogP contribution is -2.39. The van der Waals surface area contributed by atoms with Crippen LogP contribution in [0.1, 0.15) is 40.2 Å². The molecule has 0 unspecified atom stereocenters. The van der Waals surface area contributed by atoms with E-state index in [4.69, 9.17) is 11.6 Å². The molecular weight excluding hydrogens is 512 g/mol. The quantitative estimate of drug-likeness (QED) is 0.400. The van der Waals surface area contributed by atoms with Gasteiger partial charge in [-0.25, -0.2) is 17.2 Å². The van der Waals surface area contributed by atoms with E-state index in [2.05, 4.69) is 20.0 Å². The highest BCUT2D eigenvalue weighted by Gasteiger charge is 2.34. The van der Waals surface area contributed by atoms with Gasteiger partial charge < -0.3 is 15.2 Å². The van der Waals surface area contributed by atoms with E-state index in [0.29, 0.717) is 30.8 Å². The van der Waals surface area contributed by atoms with Crippen molar-refractivity contribution in [2.45, 2.75) is 32.1 Å². The number of aromatic nitrogens is 2. The Morgan fingerprint density at radius 3 is 2.53 bits per heavy atom. The number of piperidine rings is 1. The molecule has 1 saturated heterocycles. The molecule has 36 heavy (non-hydrogen) atoms. The van der Waals surface area contributed by atoms with E-state index in [-0.39, 0.29) is 23.6 Å². The van der Waals surface area contributed by atoms with Crippen LogP contribution in [0.5, 0.6) is 0 Å². The molecule has 192 valence electrons. The van der Waals surface area contributed by atoms with Gasteiger partial charge in [0.25, 0.3) is 11.8 Å². The van der Waals surface area contributed by atoms with Gasteiger partial charge in [0, 0.05) is 60.6 Å². The Bertz CT molecular complexity index is 1380. The van der Waals surface area contributed by atoms with E-state index in [1.165, 1.54) is 18.2 Å². The third-order valence-corrected chi connectivity index (χ3v) is 6.68. The van der Waals surface area contributed by atoms with Crippen molar-refractivity contribution < 1.29 is 22.0 Å². The fourth-order valence-electron chi connectivity index (χ4n) is 4.03. The highest BCUT2D eigenvalue weighted by atomic mass is 35.5. The number of H-pyrrole nitrogens is 1. The second kappa shape index (κ2) is 10.1. The zero-order valence-electron chi connectivity index (χ0n) is 19.7. The van der Waals surface area contributed by atoms with Crippen LogP contribution in [0, 0.1) is 6.92 Å². The van der Waals surface area contributed by atoms with Crippen LogP contribution < -0.4 is 14.9 Å². The molecule has 0 spiro atoms. The zero-order valence-corrected chi connectivity index (χ0v) is 21.3. The first-order valence-corrected chi connectivity index (χ1v) is 13.5. The Balaban J connectivity index is 1.41. The van der Waals surface area contributed by atoms with E-state index in [1.807, 2.05) is 17.9 Å². The summed E-state index contributed by atoms with van der Waals surface area (Å²) in [6, 6.07) is 8.07. The minimum absolute atomic E-state index is 0.161. The molecule has 1 amide bonds. The van der Waals surface area contributed by atoms with Gasteiger partial charge in [-0.3, -0.25) is 14.5 Å². The number of pyridine rings is 1. The fraction of sp³-hybridized carbons (Fsp3) is 0.333. The first-order valence-electron chi connectivity index (χ1n) is 11.2. The molecule has 2 aromatic heterocycles. The topological polar surface area (TPSA) is 107 Å². The average molecular weight is 538 g/mol. The predicted molar refractivity (Wildman–Crippen MR) is 137 cm³/mol. The second-order valence-electron chi connectivity index (χ2n) is 8.95. The molecule has 4 rings (SSSR count). The van der Waals surface area contributed by atoms with Gasteiger partial charge in [0.05, 0.1) is 29.4 Å². The largest absolute Gasteiger partial charge is 0.370 e. The third-order valence-electron chi connectivity index (χ3n) is 5.85. The normalized spacial score (nSPS) is 15.5. The summed E-state index contributed by atoms with van der Waals surface area (Å²) in [5.41, 5.74) is 4.28. The first-order chi connectivity index (χ1) is 16.9. The molecule has 0 atom stereocenters. The fourth-order valence-corrected chi connectivity index (χ4v) is 4.81. The highest BCUT2D eigenvalue weighted by Crippen LogP contribution is 2.31. The monoisotopic (exact) mass is 537 g/mol. The van der Waals surface area contributed by atoms with Gasteiger partial charge in [0.2, 0.25) is 10.0 Å². The van der Waals surface area contributed by atoms with E-state index >= 15 is 0 Å². The van der Waals surface area contributed by atoms with Gasteiger partial charge in [-0.2, -0.15) is 0 Å². The maximum Gasteiger partial charge on any atom is 0.257 e. The lowest BCUT2D eigenvalue weighted by Gasteiger charge is -2.33. The van der Waals surface area contributed by atoms with E-state index in [0.717, 1.165) is 28.9 Å². The number of carbonyl (C=O) groups is 1. The number of aromatic amines is 1.